The topological polar surface area (TPSA) is 35.5 Å². The molecule has 0 aliphatic carbocycles. The second-order valence-electron chi connectivity index (χ2n) is 4.29. The van der Waals surface area contributed by atoms with E-state index in [4.69, 9.17) is 15.9 Å². The van der Waals surface area contributed by atoms with Crippen LogP contribution in [-0.2, 0) is 16.1 Å². The summed E-state index contributed by atoms with van der Waals surface area (Å²) in [5.41, 5.74) is 0.919. The number of terminal acetylenes is 1. The zero-order valence-electron chi connectivity index (χ0n) is 11.3. The highest BCUT2D eigenvalue weighted by Crippen LogP contribution is 2.08. The average molecular weight is 260 g/mol. The van der Waals surface area contributed by atoms with E-state index in [9.17, 15) is 4.79 Å². The van der Waals surface area contributed by atoms with Gasteiger partial charge in [-0.05, 0) is 18.4 Å². The van der Waals surface area contributed by atoms with Gasteiger partial charge in [0.1, 0.15) is 6.61 Å². The minimum absolute atomic E-state index is 0.200. The molecule has 0 spiro atoms. The maximum absolute atomic E-state index is 11.5. The summed E-state index contributed by atoms with van der Waals surface area (Å²) in [6.45, 7) is 2.31. The number of benzene rings is 1. The van der Waals surface area contributed by atoms with E-state index in [1.54, 1.807) is 0 Å². The van der Waals surface area contributed by atoms with E-state index in [-0.39, 0.29) is 6.61 Å². The second-order valence-corrected chi connectivity index (χ2v) is 4.29. The van der Waals surface area contributed by atoms with Crippen molar-refractivity contribution in [2.24, 2.45) is 0 Å². The third-order valence-corrected chi connectivity index (χ3v) is 2.69. The van der Waals surface area contributed by atoms with Crippen molar-refractivity contribution in [1.82, 2.24) is 0 Å². The molecule has 19 heavy (non-hydrogen) atoms. The summed E-state index contributed by atoms with van der Waals surface area (Å²) >= 11 is 0. The van der Waals surface area contributed by atoms with Gasteiger partial charge in [0.25, 0.3) is 0 Å². The lowest BCUT2D eigenvalue weighted by atomic mass is 10.1. The van der Waals surface area contributed by atoms with Gasteiger partial charge >= 0.3 is 6.16 Å². The van der Waals surface area contributed by atoms with E-state index < -0.39 is 12.3 Å². The lowest BCUT2D eigenvalue weighted by molar-refractivity contribution is 0.0322. The smallest absolute Gasteiger partial charge is 0.429 e. The van der Waals surface area contributed by atoms with Crippen molar-refractivity contribution < 1.29 is 14.3 Å². The quantitative estimate of drug-likeness (QED) is 0.423. The van der Waals surface area contributed by atoms with Gasteiger partial charge < -0.3 is 9.47 Å². The van der Waals surface area contributed by atoms with Crippen molar-refractivity contribution in [3.05, 3.63) is 35.9 Å². The summed E-state index contributed by atoms with van der Waals surface area (Å²) in [6.07, 6.45) is 7.96. The molecule has 0 aliphatic heterocycles. The summed E-state index contributed by atoms with van der Waals surface area (Å²) in [4.78, 5) is 11.5. The van der Waals surface area contributed by atoms with Crippen LogP contribution in [0.1, 0.15) is 38.2 Å². The van der Waals surface area contributed by atoms with Crippen LogP contribution in [0.3, 0.4) is 0 Å². The lowest BCUT2D eigenvalue weighted by Crippen LogP contribution is -2.17. The van der Waals surface area contributed by atoms with Crippen LogP contribution in [-0.4, -0.2) is 12.3 Å². The molecule has 0 N–H and O–H groups in total. The van der Waals surface area contributed by atoms with Crippen LogP contribution in [0.4, 0.5) is 4.79 Å². The second kappa shape index (κ2) is 9.04. The van der Waals surface area contributed by atoms with Crippen LogP contribution >= 0.6 is 0 Å². The van der Waals surface area contributed by atoms with Crippen LogP contribution in [0, 0.1) is 12.3 Å². The third kappa shape index (κ3) is 6.52. The molecule has 1 rings (SSSR count). The Labute approximate surface area is 114 Å². The molecule has 3 nitrogen and oxygen atoms in total. The highest BCUT2D eigenvalue weighted by molar-refractivity contribution is 5.60. The standard InChI is InChI=1S/C16H20O3/c1-3-5-7-12-15(4-2)19-16(17)18-13-14-10-8-6-9-11-14/h2,6,8-11,15H,3,5,7,12-13H2,1H3/t15-/m1/s1. The van der Waals surface area contributed by atoms with Crippen LogP contribution in [0.25, 0.3) is 0 Å². The molecule has 0 unspecified atom stereocenters. The first-order valence-electron chi connectivity index (χ1n) is 6.59. The molecule has 1 aromatic rings. The molecule has 0 aromatic heterocycles. The Morgan fingerprint density at radius 1 is 1.32 bits per heavy atom. The molecule has 0 radical (unpaired) electrons. The average Bonchev–Trinajstić information content (AvgIpc) is 2.45. The van der Waals surface area contributed by atoms with Gasteiger partial charge in [0, 0.05) is 0 Å². The number of unbranched alkanes of at least 4 members (excludes halogenated alkanes) is 2. The van der Waals surface area contributed by atoms with Crippen LogP contribution < -0.4 is 0 Å². The van der Waals surface area contributed by atoms with Crippen LogP contribution in [0.15, 0.2) is 30.3 Å². The highest BCUT2D eigenvalue weighted by atomic mass is 16.7. The van der Waals surface area contributed by atoms with Crippen molar-refractivity contribution >= 4 is 6.16 Å². The molecular formula is C16H20O3. The summed E-state index contributed by atoms with van der Waals surface area (Å²) < 4.78 is 10.1. The van der Waals surface area contributed by atoms with E-state index in [1.165, 1.54) is 0 Å². The molecule has 0 saturated carbocycles. The number of hydrogen-bond donors (Lipinski definition) is 0. The maximum Gasteiger partial charge on any atom is 0.509 e. The van der Waals surface area contributed by atoms with Crippen molar-refractivity contribution in [2.45, 2.75) is 45.3 Å². The molecule has 0 aliphatic rings. The Kier molecular flexibility index (Phi) is 7.19. The molecule has 102 valence electrons. The minimum Gasteiger partial charge on any atom is -0.429 e. The Bertz CT molecular complexity index is 406. The van der Waals surface area contributed by atoms with Crippen molar-refractivity contribution in [1.29, 1.82) is 0 Å². The van der Waals surface area contributed by atoms with Gasteiger partial charge in [0.2, 0.25) is 0 Å². The Morgan fingerprint density at radius 2 is 2.05 bits per heavy atom. The summed E-state index contributed by atoms with van der Waals surface area (Å²) in [7, 11) is 0. The summed E-state index contributed by atoms with van der Waals surface area (Å²) in [5, 5.41) is 0. The predicted molar refractivity (Wildman–Crippen MR) is 74.5 cm³/mol. The molecule has 0 heterocycles. The van der Waals surface area contributed by atoms with E-state index >= 15 is 0 Å². The van der Waals surface area contributed by atoms with Gasteiger partial charge in [0.05, 0.1) is 0 Å². The highest BCUT2D eigenvalue weighted by Gasteiger charge is 2.12. The number of carbonyl (C=O) groups is 1. The fraction of sp³-hybridized carbons (Fsp3) is 0.438. The van der Waals surface area contributed by atoms with E-state index in [2.05, 4.69) is 12.8 Å². The van der Waals surface area contributed by atoms with Gasteiger partial charge in [-0.25, -0.2) is 4.79 Å². The Morgan fingerprint density at radius 3 is 2.68 bits per heavy atom. The van der Waals surface area contributed by atoms with Gasteiger partial charge in [-0.2, -0.15) is 0 Å². The maximum atomic E-state index is 11.5. The summed E-state index contributed by atoms with van der Waals surface area (Å²) in [6, 6.07) is 9.45. The Hall–Kier alpha value is -1.95. The summed E-state index contributed by atoms with van der Waals surface area (Å²) in [5.74, 6) is 2.47. The number of carbonyl (C=O) groups excluding carboxylic acids is 1. The molecule has 3 heteroatoms. The normalized spacial score (nSPS) is 11.4. The number of rotatable bonds is 7. The van der Waals surface area contributed by atoms with E-state index in [0.29, 0.717) is 6.42 Å². The minimum atomic E-state index is -0.705. The van der Waals surface area contributed by atoms with Gasteiger partial charge in [-0.3, -0.25) is 0 Å². The van der Waals surface area contributed by atoms with E-state index in [0.717, 1.165) is 24.8 Å². The van der Waals surface area contributed by atoms with Gasteiger partial charge in [-0.1, -0.05) is 56.0 Å². The fourth-order valence-corrected chi connectivity index (χ4v) is 1.62. The number of hydrogen-bond acceptors (Lipinski definition) is 3. The van der Waals surface area contributed by atoms with Crippen LogP contribution in [0.5, 0.6) is 0 Å². The zero-order chi connectivity index (χ0) is 13.9. The van der Waals surface area contributed by atoms with Crippen molar-refractivity contribution in [2.75, 3.05) is 0 Å². The molecular weight excluding hydrogens is 240 g/mol. The molecule has 0 bridgehead atoms. The monoisotopic (exact) mass is 260 g/mol. The van der Waals surface area contributed by atoms with Gasteiger partial charge in [0.15, 0.2) is 6.10 Å². The predicted octanol–water partition coefficient (Wildman–Crippen LogP) is 3.92. The van der Waals surface area contributed by atoms with Crippen molar-refractivity contribution in [3.8, 4) is 12.3 Å². The SMILES string of the molecule is C#C[C@H](CCCCC)OC(=O)OCc1ccccc1. The Balaban J connectivity index is 2.27. The third-order valence-electron chi connectivity index (χ3n) is 2.69. The first-order chi connectivity index (χ1) is 9.26. The van der Waals surface area contributed by atoms with E-state index in [1.807, 2.05) is 30.3 Å². The first-order valence-corrected chi connectivity index (χ1v) is 6.59. The zero-order valence-corrected chi connectivity index (χ0v) is 11.3. The van der Waals surface area contributed by atoms with Crippen molar-refractivity contribution in [3.63, 3.8) is 0 Å². The van der Waals surface area contributed by atoms with Gasteiger partial charge in [-0.15, -0.1) is 6.42 Å². The molecule has 0 saturated heterocycles. The number of ether oxygens (including phenoxy) is 2. The molecule has 0 amide bonds. The van der Waals surface area contributed by atoms with Crippen LogP contribution in [0.2, 0.25) is 0 Å². The fourth-order valence-electron chi connectivity index (χ4n) is 1.62. The largest absolute Gasteiger partial charge is 0.509 e. The first kappa shape index (κ1) is 15.1. The lowest BCUT2D eigenvalue weighted by Gasteiger charge is -2.12. The molecule has 1 aromatic carbocycles. The molecule has 0 fully saturated rings. The molecule has 1 atom stereocenters.